The van der Waals surface area contributed by atoms with E-state index in [0.717, 1.165) is 0 Å². The lowest BCUT2D eigenvalue weighted by Crippen LogP contribution is -2.35. The van der Waals surface area contributed by atoms with E-state index < -0.39 is 17.5 Å². The van der Waals surface area contributed by atoms with Crippen LogP contribution < -0.4 is 10.1 Å². The minimum Gasteiger partial charge on any atom is -0.494 e. The Morgan fingerprint density at radius 1 is 1.39 bits per heavy atom. The monoisotopic (exact) mass is 327 g/mol. The van der Waals surface area contributed by atoms with Gasteiger partial charge in [-0.3, -0.25) is 0 Å². The van der Waals surface area contributed by atoms with Crippen LogP contribution in [0.25, 0.3) is 0 Å². The number of carbonyl (C=O) groups is 1. The van der Waals surface area contributed by atoms with Crippen molar-refractivity contribution in [1.29, 1.82) is 0 Å². The second-order valence-electron chi connectivity index (χ2n) is 6.31. The van der Waals surface area contributed by atoms with E-state index in [-0.39, 0.29) is 24.8 Å². The Balaban J connectivity index is 2.83. The zero-order valence-electron chi connectivity index (χ0n) is 14.2. The van der Waals surface area contributed by atoms with E-state index in [9.17, 15) is 9.18 Å². The lowest BCUT2D eigenvalue weighted by molar-refractivity contribution is 0.0523. The zero-order chi connectivity index (χ0) is 17.5. The van der Waals surface area contributed by atoms with Crippen LogP contribution in [0.15, 0.2) is 18.2 Å². The summed E-state index contributed by atoms with van der Waals surface area (Å²) in [5.41, 5.74) is -0.139. The molecule has 0 heterocycles. The number of rotatable bonds is 7. The molecule has 2 N–H and O–H groups in total. The van der Waals surface area contributed by atoms with Crippen molar-refractivity contribution >= 4 is 6.09 Å². The summed E-state index contributed by atoms with van der Waals surface area (Å²) in [4.78, 5) is 11.8. The number of aliphatic hydroxyl groups excluding tert-OH is 1. The summed E-state index contributed by atoms with van der Waals surface area (Å²) in [5, 5.41) is 11.7. The highest BCUT2D eigenvalue weighted by atomic mass is 19.1. The summed E-state index contributed by atoms with van der Waals surface area (Å²) in [7, 11) is 1.41. The van der Waals surface area contributed by atoms with Crippen LogP contribution in [-0.2, 0) is 4.74 Å². The Morgan fingerprint density at radius 3 is 2.65 bits per heavy atom. The van der Waals surface area contributed by atoms with E-state index in [1.54, 1.807) is 39.0 Å². The number of hydrogen-bond acceptors (Lipinski definition) is 4. The molecule has 130 valence electrons. The molecular formula is C17H26FNO4. The molecule has 0 saturated heterocycles. The van der Waals surface area contributed by atoms with Crippen LogP contribution in [0.4, 0.5) is 9.18 Å². The Labute approximate surface area is 136 Å². The van der Waals surface area contributed by atoms with Gasteiger partial charge in [0.25, 0.3) is 0 Å². The molecule has 0 aromatic heterocycles. The average Bonchev–Trinajstić information content (AvgIpc) is 2.46. The molecule has 0 aliphatic rings. The van der Waals surface area contributed by atoms with Gasteiger partial charge in [0.15, 0.2) is 11.6 Å². The molecule has 1 aromatic rings. The number of hydrogen-bond donors (Lipinski definition) is 2. The summed E-state index contributed by atoms with van der Waals surface area (Å²) in [6.45, 7) is 5.56. The van der Waals surface area contributed by atoms with Crippen molar-refractivity contribution in [3.05, 3.63) is 29.6 Å². The topological polar surface area (TPSA) is 67.8 Å². The number of carbonyl (C=O) groups excluding carboxylic acids is 1. The van der Waals surface area contributed by atoms with Crippen LogP contribution in [-0.4, -0.2) is 37.1 Å². The lowest BCUT2D eigenvalue weighted by Gasteiger charge is -2.22. The van der Waals surface area contributed by atoms with Crippen LogP contribution in [0.3, 0.4) is 0 Å². The SMILES string of the molecule is COc1cccc(C(CCCO)CNC(=O)OC(C)(C)C)c1F. The number of alkyl carbamates (subject to hydrolysis) is 1. The smallest absolute Gasteiger partial charge is 0.407 e. The highest BCUT2D eigenvalue weighted by molar-refractivity contribution is 5.67. The first-order chi connectivity index (χ1) is 10.8. The van der Waals surface area contributed by atoms with Crippen molar-refractivity contribution in [3.8, 4) is 5.75 Å². The zero-order valence-corrected chi connectivity index (χ0v) is 14.2. The van der Waals surface area contributed by atoms with Crippen LogP contribution in [0.5, 0.6) is 5.75 Å². The highest BCUT2D eigenvalue weighted by Gasteiger charge is 2.21. The van der Waals surface area contributed by atoms with Crippen LogP contribution in [0, 0.1) is 5.82 Å². The summed E-state index contributed by atoms with van der Waals surface area (Å²) < 4.78 is 24.6. The van der Waals surface area contributed by atoms with E-state index in [1.165, 1.54) is 7.11 Å². The first-order valence-electron chi connectivity index (χ1n) is 7.68. The van der Waals surface area contributed by atoms with Gasteiger partial charge in [-0.25, -0.2) is 9.18 Å². The van der Waals surface area contributed by atoms with Crippen LogP contribution in [0.1, 0.15) is 45.1 Å². The van der Waals surface area contributed by atoms with Gasteiger partial charge in [-0.15, -0.1) is 0 Å². The summed E-state index contributed by atoms with van der Waals surface area (Å²) in [6.07, 6.45) is 0.503. The molecule has 1 atom stereocenters. The maximum atomic E-state index is 14.4. The third kappa shape index (κ3) is 6.44. The quantitative estimate of drug-likeness (QED) is 0.807. The number of aliphatic hydroxyl groups is 1. The largest absolute Gasteiger partial charge is 0.494 e. The predicted molar refractivity (Wildman–Crippen MR) is 86.2 cm³/mol. The molecule has 0 saturated carbocycles. The maximum Gasteiger partial charge on any atom is 0.407 e. The molecule has 0 fully saturated rings. The fourth-order valence-electron chi connectivity index (χ4n) is 2.23. The molecule has 1 amide bonds. The number of benzene rings is 1. The predicted octanol–water partition coefficient (Wildman–Crippen LogP) is 3.22. The first-order valence-corrected chi connectivity index (χ1v) is 7.68. The molecule has 23 heavy (non-hydrogen) atoms. The number of ether oxygens (including phenoxy) is 2. The summed E-state index contributed by atoms with van der Waals surface area (Å²) >= 11 is 0. The van der Waals surface area contributed by atoms with Crippen molar-refractivity contribution in [1.82, 2.24) is 5.32 Å². The van der Waals surface area contributed by atoms with Gasteiger partial charge < -0.3 is 19.9 Å². The molecule has 5 nitrogen and oxygen atoms in total. The lowest BCUT2D eigenvalue weighted by atomic mass is 9.93. The standard InChI is InChI=1S/C17H26FNO4/c1-17(2,3)23-16(21)19-11-12(7-6-10-20)13-8-5-9-14(22-4)15(13)18/h5,8-9,12,20H,6-7,10-11H2,1-4H3,(H,19,21). The van der Waals surface area contributed by atoms with Crippen LogP contribution >= 0.6 is 0 Å². The summed E-state index contributed by atoms with van der Waals surface area (Å²) in [5.74, 6) is -0.553. The van der Waals surface area contributed by atoms with Gasteiger partial charge in [0.2, 0.25) is 0 Å². The molecule has 0 spiro atoms. The molecule has 0 aliphatic carbocycles. The van der Waals surface area contributed by atoms with Gasteiger partial charge in [0.05, 0.1) is 7.11 Å². The van der Waals surface area contributed by atoms with E-state index in [1.807, 2.05) is 0 Å². The number of methoxy groups -OCH3 is 1. The van der Waals surface area contributed by atoms with Gasteiger partial charge in [-0.05, 0) is 45.2 Å². The van der Waals surface area contributed by atoms with E-state index in [4.69, 9.17) is 14.6 Å². The minimum atomic E-state index is -0.591. The Hall–Kier alpha value is -1.82. The molecule has 1 aromatic carbocycles. The van der Waals surface area contributed by atoms with Gasteiger partial charge in [0.1, 0.15) is 5.60 Å². The molecular weight excluding hydrogens is 301 g/mol. The minimum absolute atomic E-state index is 0.00846. The maximum absolute atomic E-state index is 14.4. The third-order valence-corrected chi connectivity index (χ3v) is 3.26. The van der Waals surface area contributed by atoms with Gasteiger partial charge in [-0.2, -0.15) is 0 Å². The Bertz CT molecular complexity index is 514. The summed E-state index contributed by atoms with van der Waals surface area (Å²) in [6, 6.07) is 4.91. The fraction of sp³-hybridized carbons (Fsp3) is 0.588. The second-order valence-corrected chi connectivity index (χ2v) is 6.31. The molecule has 1 unspecified atom stereocenters. The number of nitrogens with one attached hydrogen (secondary N) is 1. The van der Waals surface area contributed by atoms with Crippen molar-refractivity contribution in [2.24, 2.45) is 0 Å². The number of amides is 1. The van der Waals surface area contributed by atoms with Crippen molar-refractivity contribution in [2.75, 3.05) is 20.3 Å². The second kappa shape index (κ2) is 8.72. The molecule has 0 radical (unpaired) electrons. The van der Waals surface area contributed by atoms with Crippen LogP contribution in [0.2, 0.25) is 0 Å². The van der Waals surface area contributed by atoms with Gasteiger partial charge in [0, 0.05) is 19.1 Å². The third-order valence-electron chi connectivity index (χ3n) is 3.26. The van der Waals surface area contributed by atoms with E-state index in [0.29, 0.717) is 18.4 Å². The van der Waals surface area contributed by atoms with E-state index in [2.05, 4.69) is 5.32 Å². The Kier molecular flexibility index (Phi) is 7.29. The normalized spacial score (nSPS) is 12.6. The van der Waals surface area contributed by atoms with Gasteiger partial charge >= 0.3 is 6.09 Å². The number of halogens is 1. The van der Waals surface area contributed by atoms with Crippen molar-refractivity contribution in [2.45, 2.75) is 45.1 Å². The molecule has 6 heteroatoms. The van der Waals surface area contributed by atoms with E-state index >= 15 is 0 Å². The molecule has 0 aliphatic heterocycles. The van der Waals surface area contributed by atoms with Crippen molar-refractivity contribution < 1.29 is 23.8 Å². The average molecular weight is 327 g/mol. The molecule has 1 rings (SSSR count). The first kappa shape index (κ1) is 19.2. The van der Waals surface area contributed by atoms with Gasteiger partial charge in [-0.1, -0.05) is 12.1 Å². The van der Waals surface area contributed by atoms with Crippen molar-refractivity contribution in [3.63, 3.8) is 0 Å². The highest BCUT2D eigenvalue weighted by Crippen LogP contribution is 2.29. The molecule has 0 bridgehead atoms. The Morgan fingerprint density at radius 2 is 2.09 bits per heavy atom. The fourth-order valence-corrected chi connectivity index (χ4v) is 2.23.